The molecule has 7 heteroatoms. The Kier molecular flexibility index (Phi) is 4.52. The van der Waals surface area contributed by atoms with E-state index >= 15 is 0 Å². The van der Waals surface area contributed by atoms with Gasteiger partial charge in [0.25, 0.3) is 0 Å². The van der Waals surface area contributed by atoms with E-state index < -0.39 is 0 Å². The Labute approximate surface area is 127 Å². The van der Waals surface area contributed by atoms with Gasteiger partial charge in [-0.3, -0.25) is 9.36 Å². The molecule has 6 nitrogen and oxygen atoms in total. The third kappa shape index (κ3) is 3.83. The Morgan fingerprint density at radius 2 is 2.48 bits per heavy atom. The van der Waals surface area contributed by atoms with Gasteiger partial charge in [-0.05, 0) is 12.1 Å². The van der Waals surface area contributed by atoms with Crippen LogP contribution in [0, 0.1) is 0 Å². The summed E-state index contributed by atoms with van der Waals surface area (Å²) in [6, 6.07) is 3.97. The molecule has 0 aliphatic carbocycles. The second-order valence-corrected chi connectivity index (χ2v) is 6.00. The van der Waals surface area contributed by atoms with Gasteiger partial charge in [0.15, 0.2) is 0 Å². The van der Waals surface area contributed by atoms with Gasteiger partial charge >= 0.3 is 0 Å². The van der Waals surface area contributed by atoms with Crippen LogP contribution >= 0.6 is 11.8 Å². The summed E-state index contributed by atoms with van der Waals surface area (Å²) in [5, 5.41) is 6.24. The van der Waals surface area contributed by atoms with Crippen LogP contribution in [0.2, 0.25) is 0 Å². The number of rotatable bonds is 4. The molecule has 0 radical (unpaired) electrons. The van der Waals surface area contributed by atoms with Crippen molar-refractivity contribution in [2.45, 2.75) is 12.5 Å². The first kappa shape index (κ1) is 14.1. The number of aromatic nitrogens is 3. The summed E-state index contributed by atoms with van der Waals surface area (Å²) in [5.74, 6) is 2.91. The van der Waals surface area contributed by atoms with Crippen molar-refractivity contribution in [3.63, 3.8) is 0 Å². The Balaban J connectivity index is 1.56. The number of pyridine rings is 1. The number of carbonyl (C=O) groups is 1. The lowest BCUT2D eigenvalue weighted by Crippen LogP contribution is -2.39. The number of thioether (sulfide) groups is 1. The first-order chi connectivity index (χ1) is 10.3. The lowest BCUT2D eigenvalue weighted by atomic mass is 10.2. The molecular formula is C14H17N5OS. The van der Waals surface area contributed by atoms with E-state index in [1.54, 1.807) is 18.7 Å². The summed E-state index contributed by atoms with van der Waals surface area (Å²) in [4.78, 5) is 20.3. The van der Waals surface area contributed by atoms with E-state index in [4.69, 9.17) is 0 Å². The molecule has 1 unspecified atom stereocenters. The maximum absolute atomic E-state index is 12.0. The van der Waals surface area contributed by atoms with Crippen molar-refractivity contribution in [2.75, 3.05) is 23.4 Å². The second-order valence-electron chi connectivity index (χ2n) is 4.85. The van der Waals surface area contributed by atoms with Crippen LogP contribution in [-0.2, 0) is 4.79 Å². The number of imidazole rings is 1. The highest BCUT2D eigenvalue weighted by Gasteiger charge is 2.16. The van der Waals surface area contributed by atoms with Crippen molar-refractivity contribution in [2.24, 2.45) is 0 Å². The largest absolute Gasteiger partial charge is 0.325 e. The minimum atomic E-state index is 0.0205. The van der Waals surface area contributed by atoms with Crippen molar-refractivity contribution < 1.29 is 4.79 Å². The molecule has 2 aromatic heterocycles. The van der Waals surface area contributed by atoms with Crippen molar-refractivity contribution in [1.29, 1.82) is 0 Å². The Morgan fingerprint density at radius 1 is 1.52 bits per heavy atom. The van der Waals surface area contributed by atoms with E-state index in [1.165, 1.54) is 0 Å². The molecule has 1 amide bonds. The van der Waals surface area contributed by atoms with Crippen LogP contribution in [0.3, 0.4) is 0 Å². The minimum absolute atomic E-state index is 0.0205. The fraction of sp³-hybridized carbons (Fsp3) is 0.357. The Morgan fingerprint density at radius 3 is 3.14 bits per heavy atom. The van der Waals surface area contributed by atoms with Gasteiger partial charge in [0.2, 0.25) is 5.91 Å². The molecule has 1 fully saturated rings. The minimum Gasteiger partial charge on any atom is -0.325 e. The number of nitrogens with zero attached hydrogens (tertiary/aromatic N) is 3. The number of carbonyl (C=O) groups excluding carboxylic acids is 1. The summed E-state index contributed by atoms with van der Waals surface area (Å²) < 4.78 is 1.81. The standard InChI is InChI=1S/C14H17N5OS/c20-14(7-12-9-21-6-4-16-12)18-11-1-2-13(17-8-11)19-5-3-15-10-19/h1-3,5,8,10,12,16H,4,6-7,9H2,(H,18,20). The first-order valence-corrected chi connectivity index (χ1v) is 8.02. The van der Waals surface area contributed by atoms with Gasteiger partial charge in [0.1, 0.15) is 12.1 Å². The lowest BCUT2D eigenvalue weighted by molar-refractivity contribution is -0.116. The molecule has 0 bridgehead atoms. The SMILES string of the molecule is O=C(CC1CSCCN1)Nc1ccc(-n2ccnc2)nc1. The van der Waals surface area contributed by atoms with E-state index in [0.29, 0.717) is 12.1 Å². The second kappa shape index (κ2) is 6.73. The maximum atomic E-state index is 12.0. The number of amides is 1. The molecule has 110 valence electrons. The molecular weight excluding hydrogens is 286 g/mol. The van der Waals surface area contributed by atoms with E-state index in [1.807, 2.05) is 34.7 Å². The van der Waals surface area contributed by atoms with Crippen LogP contribution in [0.5, 0.6) is 0 Å². The van der Waals surface area contributed by atoms with E-state index in [2.05, 4.69) is 20.6 Å². The smallest absolute Gasteiger partial charge is 0.226 e. The predicted molar refractivity (Wildman–Crippen MR) is 83.7 cm³/mol. The van der Waals surface area contributed by atoms with Crippen LogP contribution in [0.4, 0.5) is 5.69 Å². The average molecular weight is 303 g/mol. The first-order valence-electron chi connectivity index (χ1n) is 6.86. The van der Waals surface area contributed by atoms with Gasteiger partial charge in [0.05, 0.1) is 11.9 Å². The van der Waals surface area contributed by atoms with Crippen LogP contribution in [0.1, 0.15) is 6.42 Å². The molecule has 2 aromatic rings. The van der Waals surface area contributed by atoms with Gasteiger partial charge < -0.3 is 10.6 Å². The van der Waals surface area contributed by atoms with Gasteiger partial charge in [-0.15, -0.1) is 0 Å². The Bertz CT molecular complexity index is 578. The molecule has 3 rings (SSSR count). The average Bonchev–Trinajstić information content (AvgIpc) is 3.03. The molecule has 1 aliphatic heterocycles. The van der Waals surface area contributed by atoms with E-state index in [9.17, 15) is 4.79 Å². The molecule has 1 saturated heterocycles. The highest BCUT2D eigenvalue weighted by Crippen LogP contribution is 2.13. The predicted octanol–water partition coefficient (Wildman–Crippen LogP) is 1.30. The van der Waals surface area contributed by atoms with Crippen molar-refractivity contribution >= 4 is 23.4 Å². The van der Waals surface area contributed by atoms with Crippen LogP contribution in [0.25, 0.3) is 5.82 Å². The molecule has 0 saturated carbocycles. The molecule has 0 spiro atoms. The molecule has 1 atom stereocenters. The number of nitrogens with one attached hydrogen (secondary N) is 2. The number of hydrogen-bond acceptors (Lipinski definition) is 5. The monoisotopic (exact) mass is 303 g/mol. The zero-order valence-electron chi connectivity index (χ0n) is 11.5. The van der Waals surface area contributed by atoms with Crippen molar-refractivity contribution in [3.8, 4) is 5.82 Å². The van der Waals surface area contributed by atoms with Crippen LogP contribution < -0.4 is 10.6 Å². The van der Waals surface area contributed by atoms with E-state index in [-0.39, 0.29) is 11.9 Å². The number of hydrogen-bond donors (Lipinski definition) is 2. The van der Waals surface area contributed by atoms with Crippen molar-refractivity contribution in [1.82, 2.24) is 19.9 Å². The molecule has 21 heavy (non-hydrogen) atoms. The van der Waals surface area contributed by atoms with Gasteiger partial charge in [0, 0.05) is 42.9 Å². The highest BCUT2D eigenvalue weighted by atomic mass is 32.2. The fourth-order valence-electron chi connectivity index (χ4n) is 2.19. The summed E-state index contributed by atoms with van der Waals surface area (Å²) in [5.41, 5.74) is 0.715. The summed E-state index contributed by atoms with van der Waals surface area (Å²) in [6.07, 6.45) is 7.37. The third-order valence-corrected chi connectivity index (χ3v) is 4.36. The maximum Gasteiger partial charge on any atom is 0.226 e. The molecule has 3 heterocycles. The van der Waals surface area contributed by atoms with Crippen molar-refractivity contribution in [3.05, 3.63) is 37.1 Å². The Hall–Kier alpha value is -1.86. The topological polar surface area (TPSA) is 71.8 Å². The fourth-order valence-corrected chi connectivity index (χ4v) is 3.14. The normalized spacial score (nSPS) is 18.4. The third-order valence-electron chi connectivity index (χ3n) is 3.23. The van der Waals surface area contributed by atoms with Gasteiger partial charge in [-0.1, -0.05) is 0 Å². The van der Waals surface area contributed by atoms with Crippen LogP contribution in [0.15, 0.2) is 37.1 Å². The zero-order valence-corrected chi connectivity index (χ0v) is 12.3. The zero-order chi connectivity index (χ0) is 14.5. The summed E-state index contributed by atoms with van der Waals surface area (Å²) in [7, 11) is 0. The molecule has 0 aromatic carbocycles. The molecule has 2 N–H and O–H groups in total. The molecule has 1 aliphatic rings. The van der Waals surface area contributed by atoms with E-state index in [0.717, 1.165) is 23.9 Å². The highest BCUT2D eigenvalue weighted by molar-refractivity contribution is 7.99. The summed E-state index contributed by atoms with van der Waals surface area (Å²) in [6.45, 7) is 0.976. The number of anilines is 1. The lowest BCUT2D eigenvalue weighted by Gasteiger charge is -2.22. The quantitative estimate of drug-likeness (QED) is 0.891. The van der Waals surface area contributed by atoms with Gasteiger partial charge in [-0.2, -0.15) is 11.8 Å². The van der Waals surface area contributed by atoms with Gasteiger partial charge in [-0.25, -0.2) is 9.97 Å². The summed E-state index contributed by atoms with van der Waals surface area (Å²) >= 11 is 1.89. The van der Waals surface area contributed by atoms with Crippen LogP contribution in [-0.4, -0.2) is 44.5 Å².